The van der Waals surface area contributed by atoms with Crippen LogP contribution in [-0.4, -0.2) is 66.0 Å². The molecule has 1 rings (SSSR count). The summed E-state index contributed by atoms with van der Waals surface area (Å²) in [6, 6.07) is 5.70. The summed E-state index contributed by atoms with van der Waals surface area (Å²) < 4.78 is 4.06. The molecule has 8 N–H and O–H groups in total. The first-order valence-electron chi connectivity index (χ1n) is 4.89. The van der Waals surface area contributed by atoms with Crippen LogP contribution in [0.2, 0.25) is 0 Å². The van der Waals surface area contributed by atoms with Gasteiger partial charge in [0.15, 0.2) is 0 Å². The molecule has 110 valence electrons. The number of phenolic OH excluding ortho intramolecular Hbond substituents is 2. The predicted octanol–water partition coefficient (Wildman–Crippen LogP) is -2.64. The molecule has 19 heavy (non-hydrogen) atoms. The van der Waals surface area contributed by atoms with E-state index in [2.05, 4.69) is 4.74 Å². The van der Waals surface area contributed by atoms with Gasteiger partial charge in [0.05, 0.1) is 0 Å². The molecule has 0 spiro atoms. The van der Waals surface area contributed by atoms with Gasteiger partial charge in [-0.15, -0.1) is 0 Å². The second-order valence-electron chi connectivity index (χ2n) is 3.56. The highest BCUT2D eigenvalue weighted by Crippen LogP contribution is 2.13. The number of phenols is 2. The Morgan fingerprint density at radius 2 is 0.947 bits per heavy atom. The molecular weight excluding hydrogens is 264 g/mol. The van der Waals surface area contributed by atoms with Gasteiger partial charge in [-0.1, -0.05) is 0 Å². The van der Waals surface area contributed by atoms with E-state index in [1.165, 1.54) is 24.3 Å². The van der Waals surface area contributed by atoms with Crippen molar-refractivity contribution in [2.75, 3.05) is 13.2 Å². The Bertz CT molecular complexity index is 314. The summed E-state index contributed by atoms with van der Waals surface area (Å²) >= 11 is 0. The minimum Gasteiger partial charge on any atom is -0.508 e. The number of aromatic hydroxyl groups is 2. The first kappa shape index (κ1) is 17.5. The van der Waals surface area contributed by atoms with Gasteiger partial charge in [-0.25, -0.2) is 0 Å². The van der Waals surface area contributed by atoms with Crippen molar-refractivity contribution >= 4 is 0 Å². The van der Waals surface area contributed by atoms with Crippen LogP contribution in [0.4, 0.5) is 0 Å². The molecule has 0 aliphatic rings. The van der Waals surface area contributed by atoms with E-state index >= 15 is 0 Å². The van der Waals surface area contributed by atoms with Crippen molar-refractivity contribution in [1.29, 1.82) is 0 Å². The third kappa shape index (κ3) is 12.8. The van der Waals surface area contributed by atoms with Gasteiger partial charge in [0.1, 0.15) is 24.7 Å². The van der Waals surface area contributed by atoms with Crippen molar-refractivity contribution in [3.63, 3.8) is 0 Å². The number of benzene rings is 1. The van der Waals surface area contributed by atoms with Crippen LogP contribution in [0.5, 0.6) is 11.5 Å². The van der Waals surface area contributed by atoms with Gasteiger partial charge in [-0.3, -0.25) is 0 Å². The van der Waals surface area contributed by atoms with Crippen LogP contribution in [0, 0.1) is 0 Å². The summed E-state index contributed by atoms with van der Waals surface area (Å²) in [5.74, 6) is -5.73. The topological polar surface area (TPSA) is 171 Å². The normalized spacial score (nSPS) is 11.7. The van der Waals surface area contributed by atoms with E-state index in [0.29, 0.717) is 0 Å². The Morgan fingerprint density at radius 1 is 0.684 bits per heavy atom. The average molecular weight is 280 g/mol. The molecule has 0 atom stereocenters. The average Bonchev–Trinajstić information content (AvgIpc) is 2.19. The molecule has 0 saturated heterocycles. The SMILES string of the molecule is OC(O)(O)COCC(O)(O)O.Oc1ccc(O)cc1. The molecule has 0 unspecified atom stereocenters. The van der Waals surface area contributed by atoms with Crippen LogP contribution in [0.15, 0.2) is 24.3 Å². The molecule has 0 radical (unpaired) electrons. The maximum atomic E-state index is 8.65. The van der Waals surface area contributed by atoms with Crippen molar-refractivity contribution < 1.29 is 45.6 Å². The zero-order valence-corrected chi connectivity index (χ0v) is 9.71. The van der Waals surface area contributed by atoms with Crippen LogP contribution >= 0.6 is 0 Å². The number of ether oxygens (including phenoxy) is 1. The lowest BCUT2D eigenvalue weighted by Crippen LogP contribution is -2.39. The van der Waals surface area contributed by atoms with E-state index in [0.717, 1.165) is 0 Å². The lowest BCUT2D eigenvalue weighted by Gasteiger charge is -2.17. The highest BCUT2D eigenvalue weighted by atomic mass is 16.7. The Morgan fingerprint density at radius 3 is 1.16 bits per heavy atom. The summed E-state index contributed by atoms with van der Waals surface area (Å²) in [5, 5.41) is 66.2. The lowest BCUT2D eigenvalue weighted by atomic mass is 10.3. The van der Waals surface area contributed by atoms with E-state index < -0.39 is 25.2 Å². The number of rotatable bonds is 4. The fourth-order valence-electron chi connectivity index (χ4n) is 0.778. The zero-order valence-electron chi connectivity index (χ0n) is 9.71. The molecule has 1 aromatic rings. The van der Waals surface area contributed by atoms with Crippen molar-refractivity contribution in [2.24, 2.45) is 0 Å². The van der Waals surface area contributed by atoms with E-state index in [9.17, 15) is 0 Å². The minimum atomic E-state index is -3.04. The van der Waals surface area contributed by atoms with Gasteiger partial charge in [0.25, 0.3) is 11.9 Å². The monoisotopic (exact) mass is 280 g/mol. The van der Waals surface area contributed by atoms with Gasteiger partial charge < -0.3 is 45.6 Å². The molecule has 0 aromatic heterocycles. The van der Waals surface area contributed by atoms with Gasteiger partial charge >= 0.3 is 0 Å². The Kier molecular flexibility index (Phi) is 6.65. The fraction of sp³-hybridized carbons (Fsp3) is 0.400. The first-order valence-corrected chi connectivity index (χ1v) is 4.89. The molecule has 0 saturated carbocycles. The van der Waals surface area contributed by atoms with Gasteiger partial charge in [0.2, 0.25) is 0 Å². The molecule has 1 aromatic carbocycles. The van der Waals surface area contributed by atoms with Crippen molar-refractivity contribution in [1.82, 2.24) is 0 Å². The highest BCUT2D eigenvalue weighted by molar-refractivity contribution is 5.28. The lowest BCUT2D eigenvalue weighted by molar-refractivity contribution is -0.363. The van der Waals surface area contributed by atoms with Gasteiger partial charge in [0, 0.05) is 0 Å². The molecular formula is C10H16O9. The van der Waals surface area contributed by atoms with Crippen LogP contribution in [0.1, 0.15) is 0 Å². The van der Waals surface area contributed by atoms with Gasteiger partial charge in [-0.05, 0) is 24.3 Å². The van der Waals surface area contributed by atoms with Crippen LogP contribution < -0.4 is 0 Å². The smallest absolute Gasteiger partial charge is 0.300 e. The van der Waals surface area contributed by atoms with E-state index in [-0.39, 0.29) is 11.5 Å². The fourth-order valence-corrected chi connectivity index (χ4v) is 0.778. The first-order chi connectivity index (χ1) is 8.49. The van der Waals surface area contributed by atoms with E-state index in [4.69, 9.17) is 40.9 Å². The van der Waals surface area contributed by atoms with E-state index in [1.54, 1.807) is 0 Å². The summed E-state index contributed by atoms with van der Waals surface area (Å²) in [7, 11) is 0. The standard InChI is InChI=1S/C6H6O2.C4H10O7/c7-5-1-2-6(8)4-3-5;5-3(6,7)1-11-2-4(8,9)10/h1-4,7-8H;5-10H,1-2H2. The quantitative estimate of drug-likeness (QED) is 0.217. The summed E-state index contributed by atoms with van der Waals surface area (Å²) in [6.45, 7) is -1.92. The molecule has 0 heterocycles. The van der Waals surface area contributed by atoms with Crippen LogP contribution in [0.3, 0.4) is 0 Å². The molecule has 0 bridgehead atoms. The maximum Gasteiger partial charge on any atom is 0.300 e. The molecule has 0 fully saturated rings. The summed E-state index contributed by atoms with van der Waals surface area (Å²) in [5.41, 5.74) is 0. The van der Waals surface area contributed by atoms with Gasteiger partial charge in [-0.2, -0.15) is 0 Å². The Hall–Kier alpha value is -1.46. The highest BCUT2D eigenvalue weighted by Gasteiger charge is 2.23. The minimum absolute atomic E-state index is 0.169. The predicted molar refractivity (Wildman–Crippen MR) is 59.4 cm³/mol. The van der Waals surface area contributed by atoms with E-state index in [1.807, 2.05) is 0 Å². The third-order valence-corrected chi connectivity index (χ3v) is 1.44. The molecule has 0 aliphatic heterocycles. The maximum absolute atomic E-state index is 8.65. The summed E-state index contributed by atoms with van der Waals surface area (Å²) in [4.78, 5) is 0. The van der Waals surface area contributed by atoms with Crippen LogP contribution in [-0.2, 0) is 4.74 Å². The van der Waals surface area contributed by atoms with Crippen LogP contribution in [0.25, 0.3) is 0 Å². The molecule has 9 heteroatoms. The molecule has 0 amide bonds. The molecule has 0 aliphatic carbocycles. The summed E-state index contributed by atoms with van der Waals surface area (Å²) in [6.07, 6.45) is 0. The largest absolute Gasteiger partial charge is 0.508 e. The zero-order chi connectivity index (χ0) is 15.1. The Labute approximate surface area is 107 Å². The Balaban J connectivity index is 0.000000356. The van der Waals surface area contributed by atoms with Crippen molar-refractivity contribution in [2.45, 2.75) is 11.9 Å². The second-order valence-corrected chi connectivity index (χ2v) is 3.56. The third-order valence-electron chi connectivity index (χ3n) is 1.44. The second kappa shape index (κ2) is 7.21. The number of hydrogen-bond acceptors (Lipinski definition) is 9. The number of aliphatic hydroxyl groups is 6. The number of hydrogen-bond donors (Lipinski definition) is 8. The molecule has 9 nitrogen and oxygen atoms in total. The van der Waals surface area contributed by atoms with Crippen molar-refractivity contribution in [3.05, 3.63) is 24.3 Å². The van der Waals surface area contributed by atoms with Crippen molar-refractivity contribution in [3.8, 4) is 11.5 Å².